The molecule has 0 aliphatic heterocycles. The third-order valence-electron chi connectivity index (χ3n) is 1.07. The zero-order chi connectivity index (χ0) is 19.7. The van der Waals surface area contributed by atoms with E-state index >= 15 is 0 Å². The van der Waals surface area contributed by atoms with Crippen molar-refractivity contribution in [1.82, 2.24) is 0 Å². The number of hydrogen-bond donors (Lipinski definition) is 0. The van der Waals surface area contributed by atoms with Gasteiger partial charge in [0.2, 0.25) is 0 Å². The quantitative estimate of drug-likeness (QED) is 0.224. The number of aliphatic carboxylic acids is 6. The van der Waals surface area contributed by atoms with Crippen LogP contribution in [0.1, 0.15) is 0 Å². The third-order valence-corrected chi connectivity index (χ3v) is 1.07. The normalized spacial score (nSPS) is 8.77. The van der Waals surface area contributed by atoms with E-state index in [0.29, 0.717) is 36.5 Å². The first kappa shape index (κ1) is 34.6. The average molecular weight is 544 g/mol. The predicted octanol–water partition coefficient (Wildman–Crippen LogP) is -8.88. The molecule has 0 N–H and O–H groups in total. The number of rotatable bonds is 6. The van der Waals surface area contributed by atoms with Crippen LogP contribution in [0.15, 0.2) is 36.5 Å². The molecule has 0 fully saturated rings. The second-order valence-electron chi connectivity index (χ2n) is 2.91. The predicted molar refractivity (Wildman–Crippen MR) is 57.5 cm³/mol. The summed E-state index contributed by atoms with van der Waals surface area (Å²) in [5.74, 6) is -9.28. The Labute approximate surface area is 170 Å². The van der Waals surface area contributed by atoms with Gasteiger partial charge in [-0.3, -0.25) is 0 Å². The van der Waals surface area contributed by atoms with Crippen LogP contribution in [0.2, 0.25) is 0 Å². The second kappa shape index (κ2) is 22.3. The molecule has 0 saturated carbocycles. The summed E-state index contributed by atoms with van der Waals surface area (Å²) in [6, 6.07) is 0. The Morgan fingerprint density at radius 2 is 0.423 bits per heavy atom. The zero-order valence-electron chi connectivity index (χ0n) is 12.1. The summed E-state index contributed by atoms with van der Waals surface area (Å²) in [6.45, 7) is 0. The SMILES string of the molecule is O=C([O-])/C=C\C(=O)[O-].O=C([O-])/C=C\C(=O)[O-].O=C([O-])/C=C\C(=O)[O-].[Ru+3].[Ru+3]. The first-order valence-electron chi connectivity index (χ1n) is 5.18. The van der Waals surface area contributed by atoms with E-state index in [2.05, 4.69) is 0 Å². The maximum Gasteiger partial charge on any atom is 3.00 e. The molecule has 0 aromatic carbocycles. The summed E-state index contributed by atoms with van der Waals surface area (Å²) in [5, 5.41) is 56.5. The van der Waals surface area contributed by atoms with Crippen molar-refractivity contribution in [2.45, 2.75) is 0 Å². The molecule has 0 aromatic rings. The third kappa shape index (κ3) is 58.0. The molecule has 0 aromatic heterocycles. The molecule has 0 spiro atoms. The standard InChI is InChI=1S/3C4H4O4.2Ru/c3*5-3(6)1-2-4(7)8;;/h3*1-2H,(H,5,6)(H,7,8);;/q;;;2*+3/p-6/b3*2-1-;;. The molecule has 0 amide bonds. The van der Waals surface area contributed by atoms with E-state index < -0.39 is 35.8 Å². The molecule has 0 atom stereocenters. The molecule has 0 saturated heterocycles. The smallest absolute Gasteiger partial charge is 0.545 e. The van der Waals surface area contributed by atoms with E-state index in [1.165, 1.54) is 0 Å². The van der Waals surface area contributed by atoms with Gasteiger partial charge in [-0.1, -0.05) is 0 Å². The van der Waals surface area contributed by atoms with Crippen LogP contribution in [0, 0.1) is 0 Å². The van der Waals surface area contributed by atoms with Gasteiger partial charge >= 0.3 is 39.0 Å². The Balaban J connectivity index is -0.0000000817. The number of carbonyl (C=O) groups excluding carboxylic acids is 6. The van der Waals surface area contributed by atoms with Crippen molar-refractivity contribution in [2.75, 3.05) is 0 Å². The van der Waals surface area contributed by atoms with Crippen LogP contribution in [0.25, 0.3) is 0 Å². The summed E-state index contributed by atoms with van der Waals surface area (Å²) in [7, 11) is 0. The number of carbonyl (C=O) groups is 6. The van der Waals surface area contributed by atoms with Crippen molar-refractivity contribution in [3.63, 3.8) is 0 Å². The minimum atomic E-state index is -1.55. The zero-order valence-corrected chi connectivity index (χ0v) is 15.5. The van der Waals surface area contributed by atoms with Crippen LogP contribution in [-0.2, 0) is 67.7 Å². The van der Waals surface area contributed by atoms with Crippen LogP contribution >= 0.6 is 0 Å². The van der Waals surface area contributed by atoms with E-state index in [1.54, 1.807) is 0 Å². The maximum absolute atomic E-state index is 9.41. The van der Waals surface area contributed by atoms with Crippen molar-refractivity contribution in [3.05, 3.63) is 36.5 Å². The van der Waals surface area contributed by atoms with E-state index in [1.807, 2.05) is 0 Å². The van der Waals surface area contributed by atoms with Crippen LogP contribution < -0.4 is 30.6 Å². The largest absolute Gasteiger partial charge is 3.00 e. The van der Waals surface area contributed by atoms with Gasteiger partial charge in [-0.25, -0.2) is 0 Å². The van der Waals surface area contributed by atoms with Crippen molar-refractivity contribution < 1.29 is 98.4 Å². The molecular weight excluding hydrogens is 538 g/mol. The Bertz CT molecular complexity index is 448. The van der Waals surface area contributed by atoms with Gasteiger partial charge in [0.15, 0.2) is 0 Å². The monoisotopic (exact) mass is 546 g/mol. The first-order chi connectivity index (χ1) is 10.9. The van der Waals surface area contributed by atoms with Gasteiger partial charge in [0.05, 0.1) is 35.8 Å². The van der Waals surface area contributed by atoms with E-state index in [4.69, 9.17) is 0 Å². The van der Waals surface area contributed by atoms with Gasteiger partial charge in [-0.05, 0) is 36.5 Å². The molecule has 0 heterocycles. The van der Waals surface area contributed by atoms with Crippen molar-refractivity contribution in [1.29, 1.82) is 0 Å². The minimum absolute atomic E-state index is 0. The van der Waals surface area contributed by atoms with Crippen molar-refractivity contribution in [3.8, 4) is 0 Å². The Morgan fingerprint density at radius 3 is 0.462 bits per heavy atom. The van der Waals surface area contributed by atoms with Gasteiger partial charge < -0.3 is 59.4 Å². The minimum Gasteiger partial charge on any atom is -0.545 e. The summed E-state index contributed by atoms with van der Waals surface area (Å²) in [5.41, 5.74) is 0. The van der Waals surface area contributed by atoms with Gasteiger partial charge in [-0.15, -0.1) is 0 Å². The molecule has 0 rings (SSSR count). The van der Waals surface area contributed by atoms with E-state index in [9.17, 15) is 59.4 Å². The number of hydrogen-bond acceptors (Lipinski definition) is 12. The molecule has 26 heavy (non-hydrogen) atoms. The second-order valence-corrected chi connectivity index (χ2v) is 2.91. The van der Waals surface area contributed by atoms with Crippen molar-refractivity contribution >= 4 is 35.8 Å². The fourth-order valence-corrected chi connectivity index (χ4v) is 0.408. The Morgan fingerprint density at radius 1 is 0.346 bits per heavy atom. The van der Waals surface area contributed by atoms with Crippen LogP contribution in [0.4, 0.5) is 0 Å². The van der Waals surface area contributed by atoms with Gasteiger partial charge in [0.1, 0.15) is 0 Å². The van der Waals surface area contributed by atoms with Crippen molar-refractivity contribution in [2.24, 2.45) is 0 Å². The van der Waals surface area contributed by atoms with Gasteiger partial charge in [0.25, 0.3) is 0 Å². The molecule has 0 aliphatic rings. The van der Waals surface area contributed by atoms with E-state index in [0.717, 1.165) is 0 Å². The average Bonchev–Trinajstić information content (AvgIpc) is 2.42. The Hall–Kier alpha value is -2.71. The van der Waals surface area contributed by atoms with Crippen LogP contribution in [0.5, 0.6) is 0 Å². The first-order valence-corrected chi connectivity index (χ1v) is 5.18. The molecule has 14 heteroatoms. The molecule has 0 unspecified atom stereocenters. The molecule has 12 nitrogen and oxygen atoms in total. The molecule has 2 radical (unpaired) electrons. The molecule has 142 valence electrons. The summed E-state index contributed by atoms with van der Waals surface area (Å²) in [6.07, 6.45) is 2.31. The Kier molecular flexibility index (Phi) is 29.6. The summed E-state index contributed by atoms with van der Waals surface area (Å²) in [4.78, 5) is 56.5. The molecule has 0 aliphatic carbocycles. The van der Waals surface area contributed by atoms with Gasteiger partial charge in [0, 0.05) is 0 Å². The summed E-state index contributed by atoms with van der Waals surface area (Å²) >= 11 is 0. The molecule has 0 bridgehead atoms. The molecular formula is C12H6O12Ru2. The number of carboxylic acids is 6. The summed E-state index contributed by atoms with van der Waals surface area (Å²) < 4.78 is 0. The number of carboxylic acid groups (broad SMARTS) is 6. The maximum atomic E-state index is 9.41. The fraction of sp³-hybridized carbons (Fsp3) is 0. The van der Waals surface area contributed by atoms with Crippen LogP contribution in [-0.4, -0.2) is 35.8 Å². The fourth-order valence-electron chi connectivity index (χ4n) is 0.408. The van der Waals surface area contributed by atoms with E-state index in [-0.39, 0.29) is 39.0 Å². The van der Waals surface area contributed by atoms with Crippen LogP contribution in [0.3, 0.4) is 0 Å². The van der Waals surface area contributed by atoms with Gasteiger partial charge in [-0.2, -0.15) is 0 Å². The topological polar surface area (TPSA) is 241 Å².